The number of H-pyrrole nitrogens is 1. The van der Waals surface area contributed by atoms with Gasteiger partial charge in [-0.1, -0.05) is 50.1 Å². The minimum Gasteiger partial charge on any atom is -0.345 e. The third kappa shape index (κ3) is 5.86. The average molecular weight is 425 g/mol. The molecule has 0 aliphatic heterocycles. The van der Waals surface area contributed by atoms with Gasteiger partial charge in [-0.2, -0.15) is 0 Å². The number of carbonyl (C=O) groups excluding carboxylic acids is 2. The number of aromatic nitrogens is 2. The number of hydrogen-bond donors (Lipinski definition) is 3. The first-order valence-corrected chi connectivity index (χ1v) is 11.3. The first kappa shape index (κ1) is 21.9. The lowest BCUT2D eigenvalue weighted by Gasteiger charge is -2.22. The second kappa shape index (κ2) is 10.3. The Morgan fingerprint density at radius 1 is 1.07 bits per heavy atom. The number of aryl methyl sites for hydroxylation is 1. The molecular weight excluding hydrogens is 396 g/mol. The predicted molar refractivity (Wildman–Crippen MR) is 124 cm³/mol. The zero-order valence-electron chi connectivity index (χ0n) is 17.6. The van der Waals surface area contributed by atoms with Gasteiger partial charge in [-0.05, 0) is 37.1 Å². The van der Waals surface area contributed by atoms with Gasteiger partial charge in [0.05, 0.1) is 28.6 Å². The van der Waals surface area contributed by atoms with E-state index in [0.29, 0.717) is 0 Å². The lowest BCUT2D eigenvalue weighted by Crippen LogP contribution is -2.34. The van der Waals surface area contributed by atoms with E-state index in [-0.39, 0.29) is 35.3 Å². The normalized spacial score (nSPS) is 13.0. The van der Waals surface area contributed by atoms with Crippen molar-refractivity contribution in [3.05, 3.63) is 59.9 Å². The van der Waals surface area contributed by atoms with Crippen molar-refractivity contribution >= 4 is 40.3 Å². The van der Waals surface area contributed by atoms with Crippen molar-refractivity contribution in [1.82, 2.24) is 15.3 Å². The fraction of sp³-hybridized carbons (Fsp3) is 0.348. The summed E-state index contributed by atoms with van der Waals surface area (Å²) in [5.41, 5.74) is 3.74. The third-order valence-electron chi connectivity index (χ3n) is 5.03. The first-order chi connectivity index (χ1) is 14.5. The summed E-state index contributed by atoms with van der Waals surface area (Å²) < 4.78 is 0. The number of amides is 2. The molecule has 0 bridgehead atoms. The summed E-state index contributed by atoms with van der Waals surface area (Å²) in [6.45, 7) is 6.19. The highest BCUT2D eigenvalue weighted by Crippen LogP contribution is 2.24. The minimum absolute atomic E-state index is 0.103. The standard InChI is InChI=1S/C23H28N4O2S/c1-4-16(3)22(23-25-18-7-5-6-8-19(18)26-23)27-21(29)14-30-13-20(28)24-17-11-9-15(2)10-12-17/h5-12,16,22H,4,13-14H2,1-3H3,(H,24,28)(H,25,26)(H,27,29)/t16-,22+/m0/s1. The molecule has 0 radical (unpaired) electrons. The van der Waals surface area contributed by atoms with Crippen LogP contribution in [0.2, 0.25) is 0 Å². The van der Waals surface area contributed by atoms with E-state index in [1.807, 2.05) is 55.5 Å². The van der Waals surface area contributed by atoms with Gasteiger partial charge in [0.1, 0.15) is 5.82 Å². The Morgan fingerprint density at radius 3 is 2.47 bits per heavy atom. The Labute approximate surface area is 181 Å². The van der Waals surface area contributed by atoms with Crippen molar-refractivity contribution in [2.24, 2.45) is 5.92 Å². The van der Waals surface area contributed by atoms with Gasteiger partial charge >= 0.3 is 0 Å². The van der Waals surface area contributed by atoms with Gasteiger partial charge in [0, 0.05) is 5.69 Å². The van der Waals surface area contributed by atoms with Gasteiger partial charge in [-0.15, -0.1) is 11.8 Å². The molecule has 0 spiro atoms. The van der Waals surface area contributed by atoms with Crippen LogP contribution in [0.25, 0.3) is 11.0 Å². The van der Waals surface area contributed by atoms with Crippen LogP contribution in [-0.2, 0) is 9.59 Å². The lowest BCUT2D eigenvalue weighted by atomic mass is 9.98. The maximum atomic E-state index is 12.5. The first-order valence-electron chi connectivity index (χ1n) is 10.1. The second-order valence-corrected chi connectivity index (χ2v) is 8.46. The van der Waals surface area contributed by atoms with Crippen LogP contribution >= 0.6 is 11.8 Å². The number of benzene rings is 2. The Balaban J connectivity index is 1.53. The highest BCUT2D eigenvalue weighted by molar-refractivity contribution is 8.00. The number of carbonyl (C=O) groups is 2. The van der Waals surface area contributed by atoms with E-state index in [9.17, 15) is 9.59 Å². The quantitative estimate of drug-likeness (QED) is 0.474. The number of aromatic amines is 1. The van der Waals surface area contributed by atoms with Gasteiger partial charge < -0.3 is 15.6 Å². The number of anilines is 1. The topological polar surface area (TPSA) is 86.9 Å². The van der Waals surface area contributed by atoms with Gasteiger partial charge in [0.15, 0.2) is 0 Å². The smallest absolute Gasteiger partial charge is 0.234 e. The van der Waals surface area contributed by atoms with Crippen molar-refractivity contribution in [2.75, 3.05) is 16.8 Å². The molecule has 1 aromatic heterocycles. The molecule has 30 heavy (non-hydrogen) atoms. The number of rotatable bonds is 9. The highest BCUT2D eigenvalue weighted by atomic mass is 32.2. The van der Waals surface area contributed by atoms with E-state index in [1.54, 1.807) is 0 Å². The molecule has 2 atom stereocenters. The van der Waals surface area contributed by atoms with Crippen molar-refractivity contribution in [2.45, 2.75) is 33.2 Å². The van der Waals surface area contributed by atoms with Crippen LogP contribution in [0.3, 0.4) is 0 Å². The zero-order chi connectivity index (χ0) is 21.5. The number of hydrogen-bond acceptors (Lipinski definition) is 4. The van der Waals surface area contributed by atoms with Crippen molar-refractivity contribution in [1.29, 1.82) is 0 Å². The Bertz CT molecular complexity index is 967. The number of nitrogens with one attached hydrogen (secondary N) is 3. The van der Waals surface area contributed by atoms with Crippen LogP contribution in [0.15, 0.2) is 48.5 Å². The molecular formula is C23H28N4O2S. The molecule has 3 N–H and O–H groups in total. The number of nitrogens with zero attached hydrogens (tertiary/aromatic N) is 1. The van der Waals surface area contributed by atoms with Crippen LogP contribution < -0.4 is 10.6 Å². The molecule has 3 rings (SSSR count). The Hall–Kier alpha value is -2.80. The average Bonchev–Trinajstić information content (AvgIpc) is 3.17. The molecule has 0 unspecified atom stereocenters. The molecule has 2 aromatic carbocycles. The van der Waals surface area contributed by atoms with E-state index in [2.05, 4.69) is 34.4 Å². The molecule has 1 heterocycles. The van der Waals surface area contributed by atoms with Crippen LogP contribution in [-0.4, -0.2) is 33.3 Å². The van der Waals surface area contributed by atoms with Gasteiger partial charge in [-0.3, -0.25) is 9.59 Å². The molecule has 0 fully saturated rings. The van der Waals surface area contributed by atoms with Gasteiger partial charge in [0.2, 0.25) is 11.8 Å². The molecule has 0 saturated heterocycles. The fourth-order valence-electron chi connectivity index (χ4n) is 3.12. The van der Waals surface area contributed by atoms with Crippen LogP contribution in [0, 0.1) is 12.8 Å². The fourth-order valence-corrected chi connectivity index (χ4v) is 3.75. The highest BCUT2D eigenvalue weighted by Gasteiger charge is 2.23. The lowest BCUT2D eigenvalue weighted by molar-refractivity contribution is -0.119. The molecule has 7 heteroatoms. The summed E-state index contributed by atoms with van der Waals surface area (Å²) in [5.74, 6) is 1.21. The summed E-state index contributed by atoms with van der Waals surface area (Å²) in [6.07, 6.45) is 0.911. The Kier molecular flexibility index (Phi) is 7.52. The Morgan fingerprint density at radius 2 is 1.77 bits per heavy atom. The maximum absolute atomic E-state index is 12.5. The molecule has 0 aliphatic rings. The zero-order valence-corrected chi connectivity index (χ0v) is 18.4. The monoisotopic (exact) mass is 424 g/mol. The minimum atomic E-state index is -0.197. The predicted octanol–water partition coefficient (Wildman–Crippen LogP) is 4.45. The SMILES string of the molecule is CC[C@H](C)[C@@H](NC(=O)CSCC(=O)Nc1ccc(C)cc1)c1nc2ccccc2[nH]1. The number of thioether (sulfide) groups is 1. The molecule has 0 aliphatic carbocycles. The number of fused-ring (bicyclic) bond motifs is 1. The summed E-state index contributed by atoms with van der Waals surface area (Å²) in [6, 6.07) is 15.3. The molecule has 3 aromatic rings. The van der Waals surface area contributed by atoms with Crippen molar-refractivity contribution in [3.63, 3.8) is 0 Å². The summed E-state index contributed by atoms with van der Waals surface area (Å²) >= 11 is 1.30. The van der Waals surface area contributed by atoms with Gasteiger partial charge in [-0.25, -0.2) is 4.98 Å². The summed E-state index contributed by atoms with van der Waals surface area (Å²) in [5, 5.41) is 5.93. The van der Waals surface area contributed by atoms with Crippen LogP contribution in [0.1, 0.15) is 37.7 Å². The molecule has 6 nitrogen and oxygen atoms in total. The number of imidazole rings is 1. The van der Waals surface area contributed by atoms with Crippen LogP contribution in [0.4, 0.5) is 5.69 Å². The van der Waals surface area contributed by atoms with E-state index in [4.69, 9.17) is 0 Å². The summed E-state index contributed by atoms with van der Waals surface area (Å²) in [4.78, 5) is 32.6. The van der Waals surface area contributed by atoms with Crippen molar-refractivity contribution in [3.8, 4) is 0 Å². The van der Waals surface area contributed by atoms with Gasteiger partial charge in [0.25, 0.3) is 0 Å². The molecule has 0 saturated carbocycles. The summed E-state index contributed by atoms with van der Waals surface area (Å²) in [7, 11) is 0. The molecule has 2 amide bonds. The van der Waals surface area contributed by atoms with Crippen LogP contribution in [0.5, 0.6) is 0 Å². The van der Waals surface area contributed by atoms with E-state index in [1.165, 1.54) is 11.8 Å². The largest absolute Gasteiger partial charge is 0.345 e. The van der Waals surface area contributed by atoms with E-state index >= 15 is 0 Å². The maximum Gasteiger partial charge on any atom is 0.234 e. The number of para-hydroxylation sites is 2. The molecule has 158 valence electrons. The van der Waals surface area contributed by atoms with E-state index in [0.717, 1.165) is 34.5 Å². The third-order valence-corrected chi connectivity index (χ3v) is 5.97. The van der Waals surface area contributed by atoms with Crippen molar-refractivity contribution < 1.29 is 9.59 Å². The van der Waals surface area contributed by atoms with E-state index < -0.39 is 0 Å². The second-order valence-electron chi connectivity index (χ2n) is 7.48.